The molecule has 0 saturated heterocycles. The van der Waals surface area contributed by atoms with Crippen molar-refractivity contribution in [2.45, 2.75) is 23.6 Å². The first-order valence-corrected chi connectivity index (χ1v) is 11.0. The van der Waals surface area contributed by atoms with Crippen molar-refractivity contribution in [1.82, 2.24) is 19.7 Å². The molecular formula is C24H20N6OS. The van der Waals surface area contributed by atoms with E-state index < -0.39 is 5.25 Å². The molecule has 8 heteroatoms. The zero-order chi connectivity index (χ0) is 22.3. The van der Waals surface area contributed by atoms with Gasteiger partial charge < -0.3 is 5.32 Å². The minimum Gasteiger partial charge on any atom is -0.308 e. The quantitative estimate of drug-likeness (QED) is 0.330. The summed E-state index contributed by atoms with van der Waals surface area (Å²) in [7, 11) is 0. The van der Waals surface area contributed by atoms with E-state index in [1.54, 1.807) is 4.68 Å². The molecule has 2 aromatic heterocycles. The maximum atomic E-state index is 13.1. The predicted octanol–water partition coefficient (Wildman–Crippen LogP) is 4.71. The lowest BCUT2D eigenvalue weighted by Crippen LogP contribution is -2.26. The molecule has 0 aliphatic rings. The van der Waals surface area contributed by atoms with E-state index in [1.165, 1.54) is 24.3 Å². The third-order valence-corrected chi connectivity index (χ3v) is 6.07. The summed E-state index contributed by atoms with van der Waals surface area (Å²) < 4.78 is 1.56. The minimum absolute atomic E-state index is 0.216. The predicted molar refractivity (Wildman–Crippen MR) is 124 cm³/mol. The maximum Gasteiger partial charge on any atom is 0.239 e. The number of benzene rings is 2. The van der Waals surface area contributed by atoms with Gasteiger partial charge in [-0.05, 0) is 24.6 Å². The van der Waals surface area contributed by atoms with E-state index in [9.17, 15) is 10.1 Å². The lowest BCUT2D eigenvalue weighted by Gasteiger charge is -2.16. The monoisotopic (exact) mass is 440 g/mol. The first-order valence-electron chi connectivity index (χ1n) is 10.1. The number of nitrogens with one attached hydrogen (secondary N) is 1. The Balaban J connectivity index is 1.55. The van der Waals surface area contributed by atoms with Crippen LogP contribution in [-0.4, -0.2) is 30.9 Å². The summed E-state index contributed by atoms with van der Waals surface area (Å²) in [6.07, 6.45) is 3.54. The zero-order valence-electron chi connectivity index (χ0n) is 17.3. The van der Waals surface area contributed by atoms with Gasteiger partial charge in [-0.3, -0.25) is 4.79 Å². The molecule has 0 fully saturated rings. The molecule has 32 heavy (non-hydrogen) atoms. The SMILES string of the molecule is CCC(Sc1cc(-c2ccccc2)ncn1)C(=O)Nc1c(C#N)cnn1-c1ccccc1. The van der Waals surface area contributed by atoms with Crippen LogP contribution in [0.3, 0.4) is 0 Å². The summed E-state index contributed by atoms with van der Waals surface area (Å²) in [6, 6.07) is 23.2. The standard InChI is InChI=1S/C24H20N6OS/c1-2-21(32-22-13-20(26-16-27-22)17-9-5-3-6-10-17)24(31)29-23-18(14-25)15-28-30(23)19-11-7-4-8-12-19/h3-13,15-16,21H,2H2,1H3,(H,29,31). The van der Waals surface area contributed by atoms with Crippen LogP contribution < -0.4 is 5.32 Å². The van der Waals surface area contributed by atoms with Crippen LogP contribution in [-0.2, 0) is 4.79 Å². The van der Waals surface area contributed by atoms with Crippen molar-refractivity contribution >= 4 is 23.5 Å². The van der Waals surface area contributed by atoms with E-state index in [2.05, 4.69) is 26.5 Å². The molecule has 158 valence electrons. The van der Waals surface area contributed by atoms with Gasteiger partial charge in [0, 0.05) is 5.56 Å². The number of aromatic nitrogens is 4. The fraction of sp³-hybridized carbons (Fsp3) is 0.125. The summed E-state index contributed by atoms with van der Waals surface area (Å²) >= 11 is 1.37. The number of anilines is 1. The first kappa shape index (κ1) is 21.3. The van der Waals surface area contributed by atoms with E-state index in [0.717, 1.165) is 16.9 Å². The number of hydrogen-bond acceptors (Lipinski definition) is 6. The highest BCUT2D eigenvalue weighted by Gasteiger charge is 2.23. The van der Waals surface area contributed by atoms with Gasteiger partial charge in [0.1, 0.15) is 23.0 Å². The molecule has 0 aliphatic heterocycles. The zero-order valence-corrected chi connectivity index (χ0v) is 18.2. The average Bonchev–Trinajstić information content (AvgIpc) is 3.26. The topological polar surface area (TPSA) is 96.5 Å². The summed E-state index contributed by atoms with van der Waals surface area (Å²) in [6.45, 7) is 1.94. The summed E-state index contributed by atoms with van der Waals surface area (Å²) in [4.78, 5) is 21.8. The lowest BCUT2D eigenvalue weighted by atomic mass is 10.1. The number of hydrogen-bond donors (Lipinski definition) is 1. The van der Waals surface area contributed by atoms with E-state index in [-0.39, 0.29) is 5.91 Å². The van der Waals surface area contributed by atoms with Crippen LogP contribution in [0.5, 0.6) is 0 Å². The van der Waals surface area contributed by atoms with Crippen molar-refractivity contribution in [3.63, 3.8) is 0 Å². The Kier molecular flexibility index (Phi) is 6.58. The van der Waals surface area contributed by atoms with Gasteiger partial charge in [-0.15, -0.1) is 0 Å². The van der Waals surface area contributed by atoms with Crippen molar-refractivity contribution in [3.8, 4) is 23.0 Å². The Labute approximate surface area is 190 Å². The van der Waals surface area contributed by atoms with Crippen molar-refractivity contribution in [2.75, 3.05) is 5.32 Å². The largest absolute Gasteiger partial charge is 0.308 e. The third kappa shape index (κ3) is 4.68. The number of para-hydroxylation sites is 1. The van der Waals surface area contributed by atoms with Gasteiger partial charge in [0.25, 0.3) is 0 Å². The maximum absolute atomic E-state index is 13.1. The Morgan fingerprint density at radius 2 is 1.84 bits per heavy atom. The van der Waals surface area contributed by atoms with Gasteiger partial charge in [0.05, 0.1) is 22.8 Å². The van der Waals surface area contributed by atoms with Crippen molar-refractivity contribution in [1.29, 1.82) is 5.26 Å². The highest BCUT2D eigenvalue weighted by atomic mass is 32.2. The number of carbonyl (C=O) groups is 1. The number of rotatable bonds is 7. The van der Waals surface area contributed by atoms with Crippen molar-refractivity contribution < 1.29 is 4.79 Å². The molecule has 0 radical (unpaired) electrons. The Bertz CT molecular complexity index is 1250. The molecule has 0 saturated carbocycles. The minimum atomic E-state index is -0.404. The van der Waals surface area contributed by atoms with Crippen molar-refractivity contribution in [3.05, 3.63) is 84.8 Å². The number of amides is 1. The highest BCUT2D eigenvalue weighted by molar-refractivity contribution is 8.00. The molecular weight excluding hydrogens is 420 g/mol. The Morgan fingerprint density at radius 3 is 2.53 bits per heavy atom. The van der Waals surface area contributed by atoms with Crippen LogP contribution in [0.15, 0.2) is 84.3 Å². The fourth-order valence-electron chi connectivity index (χ4n) is 3.15. The first-order chi connectivity index (χ1) is 15.7. The Hall–Kier alpha value is -3.96. The molecule has 1 unspecified atom stereocenters. The second-order valence-corrected chi connectivity index (χ2v) is 8.10. The summed E-state index contributed by atoms with van der Waals surface area (Å²) in [5, 5.41) is 17.0. The molecule has 4 rings (SSSR count). The van der Waals surface area contributed by atoms with E-state index >= 15 is 0 Å². The highest BCUT2D eigenvalue weighted by Crippen LogP contribution is 2.28. The van der Waals surface area contributed by atoms with E-state index in [1.807, 2.05) is 73.7 Å². The van der Waals surface area contributed by atoms with Crippen LogP contribution in [0.25, 0.3) is 16.9 Å². The number of nitrogens with zero attached hydrogens (tertiary/aromatic N) is 5. The van der Waals surface area contributed by atoms with Crippen molar-refractivity contribution in [2.24, 2.45) is 0 Å². The van der Waals surface area contributed by atoms with E-state index in [4.69, 9.17) is 0 Å². The Morgan fingerprint density at radius 1 is 1.12 bits per heavy atom. The van der Waals surface area contributed by atoms with Crippen LogP contribution in [0.1, 0.15) is 18.9 Å². The smallest absolute Gasteiger partial charge is 0.239 e. The van der Waals surface area contributed by atoms with Gasteiger partial charge >= 0.3 is 0 Å². The van der Waals surface area contributed by atoms with Gasteiger partial charge in [-0.2, -0.15) is 10.4 Å². The van der Waals surface area contributed by atoms with Crippen LogP contribution >= 0.6 is 11.8 Å². The molecule has 4 aromatic rings. The fourth-order valence-corrected chi connectivity index (χ4v) is 4.06. The molecule has 0 spiro atoms. The normalized spacial score (nSPS) is 11.5. The molecule has 0 bridgehead atoms. The lowest BCUT2D eigenvalue weighted by molar-refractivity contribution is -0.115. The average molecular weight is 441 g/mol. The van der Waals surface area contributed by atoms with Gasteiger partial charge in [0.2, 0.25) is 5.91 Å². The molecule has 2 aromatic carbocycles. The second kappa shape index (κ2) is 9.90. The molecule has 1 N–H and O–H groups in total. The number of thioether (sulfide) groups is 1. The van der Waals surface area contributed by atoms with Gasteiger partial charge in [0.15, 0.2) is 5.82 Å². The molecule has 2 heterocycles. The van der Waals surface area contributed by atoms with Gasteiger partial charge in [-0.25, -0.2) is 14.6 Å². The molecule has 0 aliphatic carbocycles. The molecule has 1 amide bonds. The van der Waals surface area contributed by atoms with Crippen LogP contribution in [0.4, 0.5) is 5.82 Å². The number of carbonyl (C=O) groups excluding carboxylic acids is 1. The molecule has 7 nitrogen and oxygen atoms in total. The second-order valence-electron chi connectivity index (χ2n) is 6.88. The van der Waals surface area contributed by atoms with E-state index in [0.29, 0.717) is 22.8 Å². The summed E-state index contributed by atoms with van der Waals surface area (Å²) in [5.74, 6) is 0.141. The number of nitriles is 1. The third-order valence-electron chi connectivity index (χ3n) is 4.77. The molecule has 1 atom stereocenters. The van der Waals surface area contributed by atoms with Crippen LogP contribution in [0, 0.1) is 11.3 Å². The van der Waals surface area contributed by atoms with Gasteiger partial charge in [-0.1, -0.05) is 67.2 Å². The summed E-state index contributed by atoms with van der Waals surface area (Å²) in [5.41, 5.74) is 2.84. The van der Waals surface area contributed by atoms with Crippen LogP contribution in [0.2, 0.25) is 0 Å².